The molecule has 0 saturated carbocycles. The largest absolute Gasteiger partial charge is 0.660 e. The molecule has 43 heavy (non-hydrogen) atoms. The first kappa shape index (κ1) is 36.8. The molecule has 0 unspecified atom stereocenters. The summed E-state index contributed by atoms with van der Waals surface area (Å²) < 4.78 is 0. The van der Waals surface area contributed by atoms with Crippen LogP contribution < -0.4 is 0 Å². The van der Waals surface area contributed by atoms with E-state index in [0.29, 0.717) is 35.5 Å². The average Bonchev–Trinajstić information content (AvgIpc) is 2.85. The van der Waals surface area contributed by atoms with Gasteiger partial charge < -0.3 is 5.32 Å². The van der Waals surface area contributed by atoms with E-state index in [1.165, 1.54) is 33.4 Å². The quantitative estimate of drug-likeness (QED) is 0.248. The minimum atomic E-state index is -0.158. The first-order chi connectivity index (χ1) is 19.6. The molecule has 0 aliphatic heterocycles. The van der Waals surface area contributed by atoms with E-state index in [4.69, 9.17) is 10.3 Å². The van der Waals surface area contributed by atoms with Crippen molar-refractivity contribution in [1.82, 2.24) is 0 Å². The summed E-state index contributed by atoms with van der Waals surface area (Å²) >= 11 is 0. The van der Waals surface area contributed by atoms with E-state index in [1.807, 2.05) is 0 Å². The van der Waals surface area contributed by atoms with Gasteiger partial charge in [0.1, 0.15) is 0 Å². The monoisotopic (exact) mass is 586 g/mol. The lowest BCUT2D eigenvalue weighted by atomic mass is 9.83. The number of nitrogens with zero attached hydrogens (tertiary/aromatic N) is 2. The lowest BCUT2D eigenvalue weighted by Crippen LogP contribution is -2.21. The second-order valence-corrected chi connectivity index (χ2v) is 16.7. The fourth-order valence-electron chi connectivity index (χ4n) is 5.30. The molecule has 0 aromatic heterocycles. The zero-order valence-electron chi connectivity index (χ0n) is 31.2. The van der Waals surface area contributed by atoms with Crippen LogP contribution in [0.15, 0.2) is 41.0 Å². The van der Waals surface area contributed by atoms with Crippen molar-refractivity contribution in [2.75, 3.05) is 0 Å². The molecule has 2 heteroatoms. The zero-order chi connectivity index (χ0) is 33.2. The molecule has 2 aromatic rings. The molecule has 2 aromatic carbocycles. The third kappa shape index (κ3) is 9.32. The SMILES string of the molecule is CC(C)c1cc(C(C)C)c(N=C(/C=C(/[N-]c2c(C(C)C)cc(C(C)C)cc2C(C)C)C(C)(C)C)C(C)(C)C)c(C(C)C)c1. The van der Waals surface area contributed by atoms with E-state index >= 15 is 0 Å². The molecule has 2 rings (SSSR count). The second-order valence-electron chi connectivity index (χ2n) is 16.7. The number of benzene rings is 2. The van der Waals surface area contributed by atoms with E-state index in [9.17, 15) is 0 Å². The van der Waals surface area contributed by atoms with Gasteiger partial charge in [-0.1, -0.05) is 166 Å². The minimum absolute atomic E-state index is 0.158. The lowest BCUT2D eigenvalue weighted by Gasteiger charge is -2.42. The first-order valence-electron chi connectivity index (χ1n) is 16.9. The molecular weight excluding hydrogens is 520 g/mol. The molecule has 0 aliphatic carbocycles. The summed E-state index contributed by atoms with van der Waals surface area (Å²) in [4.78, 5) is 5.60. The molecule has 0 bridgehead atoms. The molecule has 240 valence electrons. The molecule has 0 spiro atoms. The van der Waals surface area contributed by atoms with Crippen LogP contribution in [0.1, 0.15) is 194 Å². The predicted octanol–water partition coefficient (Wildman–Crippen LogP) is 14.2. The highest BCUT2D eigenvalue weighted by molar-refractivity contribution is 6.02. The summed E-state index contributed by atoms with van der Waals surface area (Å²) in [6, 6.07) is 9.61. The predicted molar refractivity (Wildman–Crippen MR) is 195 cm³/mol. The molecule has 0 heterocycles. The standard InChI is InChI=1S/C41H65N2/c1-24(2)30-19-32(26(5)6)38(33(20-30)27(7)8)42-36(40(13,14)15)23-37(41(16,17)18)43-39-34(28(9)10)21-31(25(3)4)22-35(39)29(11)12/h19-29H,1-18H3/q-1/b36-23+,43-37?. The van der Waals surface area contributed by atoms with Gasteiger partial charge in [-0.15, -0.1) is 5.69 Å². The number of allylic oxidation sites excluding steroid dienone is 2. The number of hydrogen-bond acceptors (Lipinski definition) is 1. The highest BCUT2D eigenvalue weighted by Crippen LogP contribution is 2.46. The summed E-state index contributed by atoms with van der Waals surface area (Å²) in [7, 11) is 0. The van der Waals surface area contributed by atoms with Gasteiger partial charge in [0.15, 0.2) is 0 Å². The van der Waals surface area contributed by atoms with Crippen LogP contribution in [0.4, 0.5) is 11.4 Å². The summed E-state index contributed by atoms with van der Waals surface area (Å²) in [6.07, 6.45) is 2.31. The molecule has 0 N–H and O–H groups in total. The Bertz CT molecular complexity index is 1240. The first-order valence-corrected chi connectivity index (χ1v) is 16.9. The van der Waals surface area contributed by atoms with Crippen LogP contribution in [0.2, 0.25) is 0 Å². The highest BCUT2D eigenvalue weighted by Gasteiger charge is 2.24. The van der Waals surface area contributed by atoms with Crippen molar-refractivity contribution in [3.05, 3.63) is 74.7 Å². The van der Waals surface area contributed by atoms with Crippen molar-refractivity contribution < 1.29 is 0 Å². The van der Waals surface area contributed by atoms with E-state index in [0.717, 1.165) is 22.8 Å². The third-order valence-corrected chi connectivity index (χ3v) is 8.48. The van der Waals surface area contributed by atoms with Crippen LogP contribution in [0, 0.1) is 10.8 Å². The van der Waals surface area contributed by atoms with Crippen LogP contribution in [-0.2, 0) is 0 Å². The highest BCUT2D eigenvalue weighted by atomic mass is 14.9. The summed E-state index contributed by atoms with van der Waals surface area (Å²) in [5, 5.41) is 5.60. The fraction of sp³-hybridized carbons (Fsp3) is 0.634. The summed E-state index contributed by atoms with van der Waals surface area (Å²) in [5.41, 5.74) is 12.3. The maximum absolute atomic E-state index is 5.60. The molecular formula is C41H65N2-. The van der Waals surface area contributed by atoms with E-state index < -0.39 is 0 Å². The molecule has 0 aliphatic rings. The van der Waals surface area contributed by atoms with Gasteiger partial charge in [0, 0.05) is 11.1 Å². The van der Waals surface area contributed by atoms with Crippen molar-refractivity contribution in [3.8, 4) is 0 Å². The maximum Gasteiger partial charge on any atom is 0.0702 e. The third-order valence-electron chi connectivity index (χ3n) is 8.48. The molecule has 0 atom stereocenters. The normalized spacial score (nSPS) is 14.0. The number of aliphatic imine (C=N–C) groups is 1. The van der Waals surface area contributed by atoms with Gasteiger partial charge in [-0.2, -0.15) is 5.70 Å². The number of hydrogen-bond donors (Lipinski definition) is 0. The van der Waals surface area contributed by atoms with Gasteiger partial charge in [0.05, 0.1) is 5.69 Å². The topological polar surface area (TPSA) is 26.5 Å². The van der Waals surface area contributed by atoms with E-state index in [1.54, 1.807) is 0 Å². The Hall–Kier alpha value is -2.35. The minimum Gasteiger partial charge on any atom is -0.660 e. The smallest absolute Gasteiger partial charge is 0.0702 e. The van der Waals surface area contributed by atoms with Crippen molar-refractivity contribution in [2.24, 2.45) is 15.8 Å². The van der Waals surface area contributed by atoms with Crippen LogP contribution in [0.25, 0.3) is 5.32 Å². The van der Waals surface area contributed by atoms with Gasteiger partial charge in [0.25, 0.3) is 0 Å². The van der Waals surface area contributed by atoms with Crippen LogP contribution >= 0.6 is 0 Å². The van der Waals surface area contributed by atoms with Crippen molar-refractivity contribution in [3.63, 3.8) is 0 Å². The van der Waals surface area contributed by atoms with Gasteiger partial charge in [-0.3, -0.25) is 4.99 Å². The van der Waals surface area contributed by atoms with Crippen LogP contribution in [0.3, 0.4) is 0 Å². The Kier molecular flexibility index (Phi) is 12.1. The fourth-order valence-corrected chi connectivity index (χ4v) is 5.30. The molecule has 0 saturated heterocycles. The van der Waals surface area contributed by atoms with Gasteiger partial charge in [-0.25, -0.2) is 0 Å². The zero-order valence-corrected chi connectivity index (χ0v) is 31.2. The van der Waals surface area contributed by atoms with Crippen LogP contribution in [-0.4, -0.2) is 5.71 Å². The summed E-state index contributed by atoms with van der Waals surface area (Å²) in [5.74, 6) is 2.49. The Labute approximate surface area is 267 Å². The van der Waals surface area contributed by atoms with Crippen molar-refractivity contribution >= 4 is 17.1 Å². The average molecular weight is 586 g/mol. The summed E-state index contributed by atoms with van der Waals surface area (Å²) in [6.45, 7) is 41.2. The van der Waals surface area contributed by atoms with Gasteiger partial charge >= 0.3 is 0 Å². The number of rotatable bonds is 10. The lowest BCUT2D eigenvalue weighted by molar-refractivity contribution is 0.512. The molecule has 0 amide bonds. The Balaban J connectivity index is 2.98. The second kappa shape index (κ2) is 14.2. The van der Waals surface area contributed by atoms with E-state index in [2.05, 4.69) is 155 Å². The Morgan fingerprint density at radius 3 is 1.16 bits per heavy atom. The Morgan fingerprint density at radius 2 is 0.884 bits per heavy atom. The Morgan fingerprint density at radius 1 is 0.535 bits per heavy atom. The molecule has 0 radical (unpaired) electrons. The van der Waals surface area contributed by atoms with Gasteiger partial charge in [0.2, 0.25) is 0 Å². The molecule has 0 fully saturated rings. The van der Waals surface area contributed by atoms with Gasteiger partial charge in [-0.05, 0) is 63.2 Å². The van der Waals surface area contributed by atoms with Crippen molar-refractivity contribution in [1.29, 1.82) is 0 Å². The van der Waals surface area contributed by atoms with Crippen molar-refractivity contribution in [2.45, 2.75) is 160 Å². The molecule has 2 nitrogen and oxygen atoms in total. The van der Waals surface area contributed by atoms with E-state index in [-0.39, 0.29) is 10.8 Å². The maximum atomic E-state index is 5.60. The van der Waals surface area contributed by atoms with Crippen LogP contribution in [0.5, 0.6) is 0 Å².